The molecule has 0 saturated heterocycles. The third-order valence-electron chi connectivity index (χ3n) is 2.60. The van der Waals surface area contributed by atoms with Crippen LogP contribution in [-0.4, -0.2) is 17.4 Å². The molecule has 1 aliphatic rings. The van der Waals surface area contributed by atoms with Crippen LogP contribution in [-0.2, 0) is 9.59 Å². The molecule has 1 rings (SSSR count). The first-order valence-electron chi connectivity index (χ1n) is 4.90. The molecule has 1 aliphatic carbocycles. The standard InChI is InChI=1S/C10H18N2O2/c1-9(2,3)12-8(14)10(7(11)13)5-4-6-10/h4-6H2,1-3H3,(H2,11,13)(H,12,14). The van der Waals surface area contributed by atoms with Gasteiger partial charge in [0.25, 0.3) is 0 Å². The van der Waals surface area contributed by atoms with Crippen LogP contribution in [0.3, 0.4) is 0 Å². The summed E-state index contributed by atoms with van der Waals surface area (Å²) in [6.45, 7) is 5.66. The van der Waals surface area contributed by atoms with Crippen molar-refractivity contribution >= 4 is 11.8 Å². The summed E-state index contributed by atoms with van der Waals surface area (Å²) in [7, 11) is 0. The van der Waals surface area contributed by atoms with Crippen molar-refractivity contribution in [2.45, 2.75) is 45.6 Å². The summed E-state index contributed by atoms with van der Waals surface area (Å²) in [4.78, 5) is 23.0. The van der Waals surface area contributed by atoms with Crippen LogP contribution in [0.5, 0.6) is 0 Å². The fraction of sp³-hybridized carbons (Fsp3) is 0.800. The number of hydrogen-bond acceptors (Lipinski definition) is 2. The highest BCUT2D eigenvalue weighted by Crippen LogP contribution is 2.41. The van der Waals surface area contributed by atoms with E-state index in [1.54, 1.807) is 0 Å². The van der Waals surface area contributed by atoms with Crippen LogP contribution >= 0.6 is 0 Å². The van der Waals surface area contributed by atoms with Gasteiger partial charge in [0.05, 0.1) is 0 Å². The van der Waals surface area contributed by atoms with Crippen LogP contribution in [0.15, 0.2) is 0 Å². The summed E-state index contributed by atoms with van der Waals surface area (Å²) >= 11 is 0. The largest absolute Gasteiger partial charge is 0.369 e. The van der Waals surface area contributed by atoms with Gasteiger partial charge < -0.3 is 11.1 Å². The molecular weight excluding hydrogens is 180 g/mol. The monoisotopic (exact) mass is 198 g/mol. The van der Waals surface area contributed by atoms with Crippen molar-refractivity contribution in [3.8, 4) is 0 Å². The number of carbonyl (C=O) groups excluding carboxylic acids is 2. The van der Waals surface area contributed by atoms with Crippen molar-refractivity contribution in [2.24, 2.45) is 11.1 Å². The molecule has 0 spiro atoms. The Hall–Kier alpha value is -1.06. The fourth-order valence-electron chi connectivity index (χ4n) is 1.58. The Morgan fingerprint density at radius 1 is 1.29 bits per heavy atom. The van der Waals surface area contributed by atoms with E-state index in [1.807, 2.05) is 20.8 Å². The van der Waals surface area contributed by atoms with E-state index in [4.69, 9.17) is 5.73 Å². The minimum Gasteiger partial charge on any atom is -0.369 e. The second-order valence-corrected chi connectivity index (χ2v) is 5.00. The Bertz CT molecular complexity index is 262. The van der Waals surface area contributed by atoms with Gasteiger partial charge in [0.15, 0.2) is 0 Å². The number of hydrogen-bond donors (Lipinski definition) is 2. The second-order valence-electron chi connectivity index (χ2n) is 5.00. The van der Waals surface area contributed by atoms with Crippen LogP contribution in [0.25, 0.3) is 0 Å². The van der Waals surface area contributed by atoms with Gasteiger partial charge in [-0.3, -0.25) is 9.59 Å². The van der Waals surface area contributed by atoms with Gasteiger partial charge in [0.1, 0.15) is 5.41 Å². The Kier molecular flexibility index (Phi) is 2.56. The smallest absolute Gasteiger partial charge is 0.236 e. The van der Waals surface area contributed by atoms with Gasteiger partial charge in [-0.2, -0.15) is 0 Å². The summed E-state index contributed by atoms with van der Waals surface area (Å²) < 4.78 is 0. The molecule has 0 aromatic rings. The second kappa shape index (κ2) is 3.26. The SMILES string of the molecule is CC(C)(C)NC(=O)C1(C(N)=O)CCC1. The zero-order chi connectivity index (χ0) is 11.0. The molecule has 0 heterocycles. The van der Waals surface area contributed by atoms with E-state index in [1.165, 1.54) is 0 Å². The van der Waals surface area contributed by atoms with Gasteiger partial charge >= 0.3 is 0 Å². The molecule has 1 fully saturated rings. The molecule has 80 valence electrons. The summed E-state index contributed by atoms with van der Waals surface area (Å²) in [5.74, 6) is -0.714. The maximum atomic E-state index is 11.8. The van der Waals surface area contributed by atoms with Gasteiger partial charge in [-0.1, -0.05) is 6.42 Å². The van der Waals surface area contributed by atoms with E-state index in [2.05, 4.69) is 5.32 Å². The summed E-state index contributed by atoms with van der Waals surface area (Å²) in [6.07, 6.45) is 2.08. The molecule has 4 nitrogen and oxygen atoms in total. The fourth-order valence-corrected chi connectivity index (χ4v) is 1.58. The topological polar surface area (TPSA) is 72.2 Å². The summed E-state index contributed by atoms with van der Waals surface area (Å²) in [5, 5.41) is 2.80. The van der Waals surface area contributed by atoms with Gasteiger partial charge in [-0.25, -0.2) is 0 Å². The lowest BCUT2D eigenvalue weighted by atomic mass is 9.67. The molecular formula is C10H18N2O2. The predicted molar refractivity (Wildman–Crippen MR) is 53.4 cm³/mol. The van der Waals surface area contributed by atoms with Crippen LogP contribution in [0.4, 0.5) is 0 Å². The lowest BCUT2D eigenvalue weighted by molar-refractivity contribution is -0.148. The highest BCUT2D eigenvalue weighted by atomic mass is 16.2. The number of nitrogens with two attached hydrogens (primary N) is 1. The first kappa shape index (κ1) is 11.0. The Balaban J connectivity index is 2.72. The molecule has 0 aliphatic heterocycles. The number of carbonyl (C=O) groups is 2. The van der Waals surface area contributed by atoms with E-state index in [0.717, 1.165) is 6.42 Å². The van der Waals surface area contributed by atoms with Crippen molar-refractivity contribution in [1.29, 1.82) is 0 Å². The number of primary amides is 1. The van der Waals surface area contributed by atoms with E-state index in [-0.39, 0.29) is 11.4 Å². The van der Waals surface area contributed by atoms with Crippen LogP contribution in [0, 0.1) is 5.41 Å². The van der Waals surface area contributed by atoms with E-state index < -0.39 is 11.3 Å². The van der Waals surface area contributed by atoms with E-state index >= 15 is 0 Å². The van der Waals surface area contributed by atoms with Gasteiger partial charge in [-0.15, -0.1) is 0 Å². The lowest BCUT2D eigenvalue weighted by Crippen LogP contribution is -2.57. The van der Waals surface area contributed by atoms with Crippen molar-refractivity contribution in [3.63, 3.8) is 0 Å². The maximum Gasteiger partial charge on any atom is 0.236 e. The summed E-state index contributed by atoms with van der Waals surface area (Å²) in [6, 6.07) is 0. The first-order chi connectivity index (χ1) is 6.28. The van der Waals surface area contributed by atoms with Crippen molar-refractivity contribution in [1.82, 2.24) is 5.32 Å². The average Bonchev–Trinajstić information content (AvgIpc) is 1.76. The molecule has 0 atom stereocenters. The van der Waals surface area contributed by atoms with Crippen molar-refractivity contribution in [2.75, 3.05) is 0 Å². The molecule has 2 amide bonds. The van der Waals surface area contributed by atoms with Gasteiger partial charge in [0, 0.05) is 5.54 Å². The molecule has 0 aromatic heterocycles. The van der Waals surface area contributed by atoms with Crippen molar-refractivity contribution in [3.05, 3.63) is 0 Å². The third-order valence-corrected chi connectivity index (χ3v) is 2.60. The molecule has 4 heteroatoms. The maximum absolute atomic E-state index is 11.8. The van der Waals surface area contributed by atoms with Crippen molar-refractivity contribution < 1.29 is 9.59 Å². The van der Waals surface area contributed by atoms with Crippen LogP contribution in [0.2, 0.25) is 0 Å². The normalized spacial score (nSPS) is 19.6. The number of nitrogens with one attached hydrogen (secondary N) is 1. The zero-order valence-corrected chi connectivity index (χ0v) is 9.02. The molecule has 0 aromatic carbocycles. The molecule has 3 N–H and O–H groups in total. The average molecular weight is 198 g/mol. The summed E-state index contributed by atoms with van der Waals surface area (Å²) in [5.41, 5.74) is 4.02. The minimum absolute atomic E-state index is 0.219. The lowest BCUT2D eigenvalue weighted by Gasteiger charge is -2.39. The third kappa shape index (κ3) is 1.89. The highest BCUT2D eigenvalue weighted by Gasteiger charge is 2.50. The molecule has 1 saturated carbocycles. The van der Waals surface area contributed by atoms with Gasteiger partial charge in [-0.05, 0) is 33.6 Å². The predicted octanol–water partition coefficient (Wildman–Crippen LogP) is 0.557. The van der Waals surface area contributed by atoms with E-state index in [0.29, 0.717) is 12.8 Å². The molecule has 0 radical (unpaired) electrons. The van der Waals surface area contributed by atoms with Crippen LogP contribution in [0.1, 0.15) is 40.0 Å². The number of rotatable bonds is 2. The Labute approximate surface area is 84.2 Å². The quantitative estimate of drug-likeness (QED) is 0.636. The minimum atomic E-state index is -0.923. The molecule has 0 unspecified atom stereocenters. The molecule has 0 bridgehead atoms. The van der Waals surface area contributed by atoms with Crippen LogP contribution < -0.4 is 11.1 Å². The highest BCUT2D eigenvalue weighted by molar-refractivity contribution is 6.05. The number of amides is 2. The zero-order valence-electron chi connectivity index (χ0n) is 9.02. The van der Waals surface area contributed by atoms with E-state index in [9.17, 15) is 9.59 Å². The first-order valence-corrected chi connectivity index (χ1v) is 4.90. The molecule has 14 heavy (non-hydrogen) atoms. The van der Waals surface area contributed by atoms with Gasteiger partial charge in [0.2, 0.25) is 11.8 Å². The Morgan fingerprint density at radius 3 is 2.00 bits per heavy atom. The Morgan fingerprint density at radius 2 is 1.79 bits per heavy atom.